The molecule has 4 nitrogen and oxygen atoms in total. The summed E-state index contributed by atoms with van der Waals surface area (Å²) in [5.41, 5.74) is 1.80. The third-order valence-corrected chi connectivity index (χ3v) is 4.08. The van der Waals surface area contributed by atoms with Gasteiger partial charge in [0, 0.05) is 0 Å². The molecule has 2 unspecified atom stereocenters. The lowest BCUT2D eigenvalue weighted by atomic mass is 9.89. The average molecular weight is 277 g/mol. The van der Waals surface area contributed by atoms with Gasteiger partial charge in [-0.2, -0.15) is 0 Å². The molecule has 1 aliphatic rings. The predicted octanol–water partition coefficient (Wildman–Crippen LogP) is 2.23. The molecule has 20 heavy (non-hydrogen) atoms. The lowest BCUT2D eigenvalue weighted by Gasteiger charge is -2.31. The number of hydrogen-bond acceptors (Lipinski definition) is 4. The summed E-state index contributed by atoms with van der Waals surface area (Å²) < 4.78 is 10.9. The molecule has 0 radical (unpaired) electrons. The fourth-order valence-electron chi connectivity index (χ4n) is 2.61. The van der Waals surface area contributed by atoms with Crippen LogP contribution in [0.1, 0.15) is 37.0 Å². The number of benzene rings is 1. The van der Waals surface area contributed by atoms with Crippen molar-refractivity contribution in [1.29, 1.82) is 0 Å². The van der Waals surface area contributed by atoms with Crippen LogP contribution in [0.5, 0.6) is 0 Å². The van der Waals surface area contributed by atoms with E-state index in [4.69, 9.17) is 9.47 Å². The van der Waals surface area contributed by atoms with Gasteiger partial charge in [0.05, 0.1) is 19.8 Å². The molecule has 0 spiro atoms. The average Bonchev–Trinajstić information content (AvgIpc) is 2.51. The van der Waals surface area contributed by atoms with Gasteiger partial charge in [0.25, 0.3) is 0 Å². The summed E-state index contributed by atoms with van der Waals surface area (Å²) in [7, 11) is 3.14. The number of carbonyl (C=O) groups excluding carboxylic acids is 1. The van der Waals surface area contributed by atoms with Crippen LogP contribution in [0.4, 0.5) is 0 Å². The summed E-state index contributed by atoms with van der Waals surface area (Å²) in [6.45, 7) is 2.10. The third kappa shape index (κ3) is 3.02. The zero-order chi connectivity index (χ0) is 14.6. The van der Waals surface area contributed by atoms with E-state index in [1.54, 1.807) is 14.0 Å². The van der Waals surface area contributed by atoms with Crippen molar-refractivity contribution in [2.45, 2.75) is 37.8 Å². The Kier molecular flexibility index (Phi) is 4.78. The second-order valence-corrected chi connectivity index (χ2v) is 5.46. The molecule has 0 heterocycles. The number of likely N-dealkylation sites (N-methyl/N-ethyl adjacent to an activating group) is 1. The molecule has 4 heteroatoms. The van der Waals surface area contributed by atoms with E-state index in [2.05, 4.69) is 23.5 Å². The predicted molar refractivity (Wildman–Crippen MR) is 77.6 cm³/mol. The molecule has 110 valence electrons. The SMILES string of the molecule is CNC(C)(COC1CCCc2ccccc21)C(=O)OC. The van der Waals surface area contributed by atoms with Crippen LogP contribution in [-0.2, 0) is 20.7 Å². The summed E-state index contributed by atoms with van der Waals surface area (Å²) in [5.74, 6) is -0.302. The molecule has 0 saturated heterocycles. The molecule has 0 aromatic heterocycles. The molecule has 0 fully saturated rings. The summed E-state index contributed by atoms with van der Waals surface area (Å²) in [4.78, 5) is 11.8. The van der Waals surface area contributed by atoms with Gasteiger partial charge in [-0.1, -0.05) is 24.3 Å². The first-order valence-corrected chi connectivity index (χ1v) is 7.07. The van der Waals surface area contributed by atoms with Crippen molar-refractivity contribution in [3.8, 4) is 0 Å². The summed E-state index contributed by atoms with van der Waals surface area (Å²) in [5, 5.41) is 2.99. The number of methoxy groups -OCH3 is 1. The Balaban J connectivity index is 2.06. The Labute approximate surface area is 120 Å². The van der Waals surface area contributed by atoms with E-state index >= 15 is 0 Å². The minimum atomic E-state index is -0.804. The molecular formula is C16H23NO3. The van der Waals surface area contributed by atoms with Gasteiger partial charge in [0.15, 0.2) is 0 Å². The van der Waals surface area contributed by atoms with Crippen LogP contribution in [0.15, 0.2) is 24.3 Å². The molecule has 1 N–H and O–H groups in total. The standard InChI is InChI=1S/C16H23NO3/c1-16(17-2,15(18)19-3)11-20-14-10-6-8-12-7-4-5-9-13(12)14/h4-5,7,9,14,17H,6,8,10-11H2,1-3H3. The zero-order valence-corrected chi connectivity index (χ0v) is 12.4. The zero-order valence-electron chi connectivity index (χ0n) is 12.4. The van der Waals surface area contributed by atoms with E-state index in [9.17, 15) is 4.79 Å². The highest BCUT2D eigenvalue weighted by atomic mass is 16.5. The van der Waals surface area contributed by atoms with E-state index in [0.29, 0.717) is 6.61 Å². The second-order valence-electron chi connectivity index (χ2n) is 5.46. The van der Waals surface area contributed by atoms with Crippen LogP contribution >= 0.6 is 0 Å². The summed E-state index contributed by atoms with van der Waals surface area (Å²) in [6.07, 6.45) is 3.29. The van der Waals surface area contributed by atoms with E-state index < -0.39 is 5.54 Å². The number of hydrogen-bond donors (Lipinski definition) is 1. The molecule has 0 amide bonds. The molecular weight excluding hydrogens is 254 g/mol. The highest BCUT2D eigenvalue weighted by molar-refractivity contribution is 5.80. The lowest BCUT2D eigenvalue weighted by Crippen LogP contribution is -2.52. The summed E-state index contributed by atoms with van der Waals surface area (Å²) in [6, 6.07) is 8.38. The summed E-state index contributed by atoms with van der Waals surface area (Å²) >= 11 is 0. The molecule has 0 aliphatic heterocycles. The van der Waals surface area contributed by atoms with Gasteiger partial charge < -0.3 is 14.8 Å². The van der Waals surface area contributed by atoms with E-state index in [1.165, 1.54) is 18.2 Å². The fraction of sp³-hybridized carbons (Fsp3) is 0.562. The first kappa shape index (κ1) is 15.0. The minimum Gasteiger partial charge on any atom is -0.468 e. The van der Waals surface area contributed by atoms with Gasteiger partial charge >= 0.3 is 5.97 Å². The number of nitrogens with one attached hydrogen (secondary N) is 1. The molecule has 0 bridgehead atoms. The molecule has 2 atom stereocenters. The van der Waals surface area contributed by atoms with Crippen LogP contribution in [0.25, 0.3) is 0 Å². The van der Waals surface area contributed by atoms with Gasteiger partial charge in [0.1, 0.15) is 5.54 Å². The van der Waals surface area contributed by atoms with E-state index in [-0.39, 0.29) is 12.1 Å². The number of esters is 1. The maximum Gasteiger partial charge on any atom is 0.328 e. The van der Waals surface area contributed by atoms with Crippen molar-refractivity contribution in [1.82, 2.24) is 5.32 Å². The topological polar surface area (TPSA) is 47.6 Å². The van der Waals surface area contributed by atoms with Crippen LogP contribution in [0, 0.1) is 0 Å². The van der Waals surface area contributed by atoms with Gasteiger partial charge in [-0.25, -0.2) is 4.79 Å². The van der Waals surface area contributed by atoms with E-state index in [1.807, 2.05) is 6.07 Å². The van der Waals surface area contributed by atoms with Crippen LogP contribution in [0.2, 0.25) is 0 Å². The maximum atomic E-state index is 11.8. The van der Waals surface area contributed by atoms with Crippen LogP contribution in [-0.4, -0.2) is 32.3 Å². The smallest absolute Gasteiger partial charge is 0.328 e. The lowest BCUT2D eigenvalue weighted by molar-refractivity contribution is -0.151. The van der Waals surface area contributed by atoms with Crippen molar-refractivity contribution >= 4 is 5.97 Å². The Morgan fingerprint density at radius 1 is 1.45 bits per heavy atom. The molecule has 0 saturated carbocycles. The Morgan fingerprint density at radius 3 is 2.90 bits per heavy atom. The van der Waals surface area contributed by atoms with Crippen LogP contribution in [0.3, 0.4) is 0 Å². The number of rotatable bonds is 5. The van der Waals surface area contributed by atoms with Crippen molar-refractivity contribution in [3.63, 3.8) is 0 Å². The normalized spacial score (nSPS) is 20.9. The molecule has 1 aromatic rings. The quantitative estimate of drug-likeness (QED) is 0.838. The van der Waals surface area contributed by atoms with Gasteiger partial charge in [-0.3, -0.25) is 0 Å². The second kappa shape index (κ2) is 6.37. The maximum absolute atomic E-state index is 11.8. The highest BCUT2D eigenvalue weighted by Gasteiger charge is 2.34. The number of ether oxygens (including phenoxy) is 2. The fourth-order valence-corrected chi connectivity index (χ4v) is 2.61. The Hall–Kier alpha value is -1.39. The Morgan fingerprint density at radius 2 is 2.20 bits per heavy atom. The minimum absolute atomic E-state index is 0.0669. The van der Waals surface area contributed by atoms with Crippen LogP contribution < -0.4 is 5.32 Å². The van der Waals surface area contributed by atoms with Crippen molar-refractivity contribution in [2.24, 2.45) is 0 Å². The van der Waals surface area contributed by atoms with Gasteiger partial charge in [-0.15, -0.1) is 0 Å². The molecule has 1 aliphatic carbocycles. The monoisotopic (exact) mass is 277 g/mol. The molecule has 1 aromatic carbocycles. The number of aryl methyl sites for hydroxylation is 1. The van der Waals surface area contributed by atoms with Gasteiger partial charge in [-0.05, 0) is 44.4 Å². The van der Waals surface area contributed by atoms with Crippen molar-refractivity contribution < 1.29 is 14.3 Å². The first-order chi connectivity index (χ1) is 9.60. The molecule has 2 rings (SSSR count). The number of carbonyl (C=O) groups is 1. The highest BCUT2D eigenvalue weighted by Crippen LogP contribution is 2.32. The van der Waals surface area contributed by atoms with Crippen molar-refractivity contribution in [2.75, 3.05) is 20.8 Å². The van der Waals surface area contributed by atoms with E-state index in [0.717, 1.165) is 19.3 Å². The first-order valence-electron chi connectivity index (χ1n) is 7.07. The largest absolute Gasteiger partial charge is 0.468 e. The van der Waals surface area contributed by atoms with Crippen molar-refractivity contribution in [3.05, 3.63) is 35.4 Å². The number of fused-ring (bicyclic) bond motifs is 1. The third-order valence-electron chi connectivity index (χ3n) is 4.08. The Bertz CT molecular complexity index is 475. The van der Waals surface area contributed by atoms with Gasteiger partial charge in [0.2, 0.25) is 0 Å².